The van der Waals surface area contributed by atoms with Crippen molar-refractivity contribution in [2.24, 2.45) is 17.3 Å². The number of rotatable bonds is 3. The Labute approximate surface area is 172 Å². The average Bonchev–Trinajstić information content (AvgIpc) is 3.32. The third-order valence-corrected chi connectivity index (χ3v) is 8.77. The van der Waals surface area contributed by atoms with Crippen molar-refractivity contribution >= 4 is 16.8 Å². The smallest absolute Gasteiger partial charge is 0.270 e. The van der Waals surface area contributed by atoms with E-state index in [2.05, 4.69) is 19.9 Å². The molecular weight excluding hydrogens is 383 g/mol. The van der Waals surface area contributed by atoms with E-state index in [0.717, 1.165) is 49.2 Å². The molecule has 4 saturated carbocycles. The first-order valence-electron chi connectivity index (χ1n) is 10.6. The summed E-state index contributed by atoms with van der Waals surface area (Å²) >= 11 is 0. The van der Waals surface area contributed by atoms with Crippen LogP contribution < -0.4 is 5.32 Å². The van der Waals surface area contributed by atoms with E-state index in [1.165, 1.54) is 12.1 Å². The maximum absolute atomic E-state index is 13.2. The van der Waals surface area contributed by atoms with Crippen LogP contribution in [0.5, 0.6) is 5.88 Å². The lowest BCUT2D eigenvalue weighted by Crippen LogP contribution is -2.83. The second kappa shape index (κ2) is 5.02. The number of nitrogens with zero attached hydrogens (tertiary/aromatic N) is 3. The van der Waals surface area contributed by atoms with Crippen LogP contribution in [-0.2, 0) is 5.54 Å². The maximum Gasteiger partial charge on any atom is 0.270 e. The summed E-state index contributed by atoms with van der Waals surface area (Å²) in [6, 6.07) is 6.46. The molecule has 6 nitrogen and oxygen atoms in total. The molecule has 4 fully saturated rings. The van der Waals surface area contributed by atoms with Crippen molar-refractivity contribution in [1.29, 1.82) is 0 Å². The second-order valence-corrected chi connectivity index (χ2v) is 9.74. The Morgan fingerprint density at radius 2 is 2.07 bits per heavy atom. The molecule has 7 rings (SSSR count). The summed E-state index contributed by atoms with van der Waals surface area (Å²) in [5.74, 6) is 0.681. The fourth-order valence-electron chi connectivity index (χ4n) is 8.06. The van der Waals surface area contributed by atoms with Crippen LogP contribution in [0.2, 0.25) is 0 Å². The van der Waals surface area contributed by atoms with Gasteiger partial charge in [-0.1, -0.05) is 0 Å². The molecule has 7 heteroatoms. The number of fused-ring (bicyclic) bond motifs is 2. The zero-order valence-corrected chi connectivity index (χ0v) is 16.3. The molecule has 4 aliphatic rings. The second-order valence-electron chi connectivity index (χ2n) is 9.74. The van der Waals surface area contributed by atoms with E-state index >= 15 is 0 Å². The van der Waals surface area contributed by atoms with Gasteiger partial charge in [-0.15, -0.1) is 0 Å². The zero-order valence-electron chi connectivity index (χ0n) is 16.3. The van der Waals surface area contributed by atoms with E-state index < -0.39 is 5.82 Å². The highest BCUT2D eigenvalue weighted by Crippen LogP contribution is 2.87. The Morgan fingerprint density at radius 1 is 1.17 bits per heavy atom. The topological polar surface area (TPSA) is 80.0 Å². The SMILES string of the molecule is O=C(NC12CC3CC4(n5cc6ncccc6c5O)CC(C1)C24C3)c1ccc(F)cn1. The normalized spacial score (nSPS) is 37.5. The third-order valence-electron chi connectivity index (χ3n) is 8.77. The van der Waals surface area contributed by atoms with Gasteiger partial charge in [0, 0.05) is 23.3 Å². The van der Waals surface area contributed by atoms with Gasteiger partial charge in [-0.25, -0.2) is 9.37 Å². The van der Waals surface area contributed by atoms with E-state index in [-0.39, 0.29) is 34.0 Å². The largest absolute Gasteiger partial charge is 0.494 e. The van der Waals surface area contributed by atoms with Crippen molar-refractivity contribution in [3.8, 4) is 5.88 Å². The highest BCUT2D eigenvalue weighted by molar-refractivity contribution is 5.93. The van der Waals surface area contributed by atoms with Crippen LogP contribution in [0.3, 0.4) is 0 Å². The fourth-order valence-corrected chi connectivity index (χ4v) is 8.06. The monoisotopic (exact) mass is 404 g/mol. The van der Waals surface area contributed by atoms with Crippen LogP contribution in [0.4, 0.5) is 4.39 Å². The maximum atomic E-state index is 13.2. The Morgan fingerprint density at radius 3 is 2.83 bits per heavy atom. The summed E-state index contributed by atoms with van der Waals surface area (Å²) in [6.45, 7) is 0. The van der Waals surface area contributed by atoms with E-state index in [9.17, 15) is 14.3 Å². The predicted molar refractivity (Wildman–Crippen MR) is 106 cm³/mol. The van der Waals surface area contributed by atoms with E-state index in [4.69, 9.17) is 0 Å². The molecule has 2 N–H and O–H groups in total. The van der Waals surface area contributed by atoms with Crippen molar-refractivity contribution in [3.05, 3.63) is 54.4 Å². The molecule has 3 heterocycles. The summed E-state index contributed by atoms with van der Waals surface area (Å²) in [6.07, 6.45) is 9.90. The number of pyridine rings is 2. The molecule has 152 valence electrons. The van der Waals surface area contributed by atoms with Gasteiger partial charge in [0.15, 0.2) is 0 Å². The Balaban J connectivity index is 1.30. The molecule has 5 unspecified atom stereocenters. The molecule has 3 aromatic heterocycles. The number of hydrogen-bond donors (Lipinski definition) is 2. The molecule has 1 amide bonds. The zero-order chi connectivity index (χ0) is 20.3. The lowest BCUT2D eigenvalue weighted by molar-refractivity contribution is -0.252. The molecule has 3 aromatic rings. The molecule has 0 aromatic carbocycles. The van der Waals surface area contributed by atoms with Gasteiger partial charge >= 0.3 is 0 Å². The van der Waals surface area contributed by atoms with Gasteiger partial charge in [0.2, 0.25) is 5.88 Å². The molecule has 4 aliphatic carbocycles. The Hall–Kier alpha value is -2.96. The number of nitrogens with one attached hydrogen (secondary N) is 1. The quantitative estimate of drug-likeness (QED) is 0.702. The number of aromatic nitrogens is 3. The van der Waals surface area contributed by atoms with E-state index in [1.807, 2.05) is 18.3 Å². The number of aromatic hydroxyl groups is 1. The van der Waals surface area contributed by atoms with Gasteiger partial charge in [0.1, 0.15) is 11.5 Å². The first-order chi connectivity index (χ1) is 14.5. The van der Waals surface area contributed by atoms with Crippen LogP contribution in [-0.4, -0.2) is 31.1 Å². The Bertz CT molecular complexity index is 1240. The minimum atomic E-state index is -0.450. The first-order valence-corrected chi connectivity index (χ1v) is 10.6. The predicted octanol–water partition coefficient (Wildman–Crippen LogP) is 3.36. The number of amides is 1. The molecule has 0 radical (unpaired) electrons. The van der Waals surface area contributed by atoms with Gasteiger partial charge in [-0.3, -0.25) is 9.78 Å². The number of halogens is 1. The van der Waals surface area contributed by atoms with Crippen LogP contribution >= 0.6 is 0 Å². The van der Waals surface area contributed by atoms with Gasteiger partial charge in [0.25, 0.3) is 5.91 Å². The molecule has 0 aliphatic heterocycles. The van der Waals surface area contributed by atoms with Crippen molar-refractivity contribution < 1.29 is 14.3 Å². The summed E-state index contributed by atoms with van der Waals surface area (Å²) < 4.78 is 15.3. The highest BCUT2D eigenvalue weighted by atomic mass is 19.1. The molecule has 2 bridgehead atoms. The highest BCUT2D eigenvalue weighted by Gasteiger charge is 2.87. The van der Waals surface area contributed by atoms with Crippen molar-refractivity contribution in [2.45, 2.75) is 43.2 Å². The van der Waals surface area contributed by atoms with Crippen LogP contribution in [0, 0.1) is 23.1 Å². The van der Waals surface area contributed by atoms with Crippen molar-refractivity contribution in [3.63, 3.8) is 0 Å². The molecular formula is C23H21FN4O2. The summed E-state index contributed by atoms with van der Waals surface area (Å²) in [5.41, 5.74) is 0.566. The number of hydrogen-bond acceptors (Lipinski definition) is 4. The third kappa shape index (κ3) is 1.64. The van der Waals surface area contributed by atoms with Crippen molar-refractivity contribution in [2.75, 3.05) is 0 Å². The summed E-state index contributed by atoms with van der Waals surface area (Å²) in [7, 11) is 0. The standard InChI is InChI=1S/C23H21FN4O2/c24-15-3-4-17(26-11-15)19(29)27-21-6-13-7-22(10-14(9-21)23(21,22)8-13)28-12-18-16(20(28)30)2-1-5-25-18/h1-5,11-14,30H,6-10H2,(H,27,29). The van der Waals surface area contributed by atoms with Crippen LogP contribution in [0.15, 0.2) is 42.9 Å². The summed E-state index contributed by atoms with van der Waals surface area (Å²) in [5, 5.41) is 15.2. The molecule has 1 spiro atoms. The minimum absolute atomic E-state index is 0.0348. The average molecular weight is 404 g/mol. The lowest BCUT2D eigenvalue weighted by Gasteiger charge is -2.77. The van der Waals surface area contributed by atoms with Crippen LogP contribution in [0.25, 0.3) is 10.9 Å². The van der Waals surface area contributed by atoms with Gasteiger partial charge in [-0.2, -0.15) is 0 Å². The fraction of sp³-hybridized carbons (Fsp3) is 0.435. The first kappa shape index (κ1) is 16.8. The lowest BCUT2D eigenvalue weighted by atomic mass is 9.31. The van der Waals surface area contributed by atoms with Gasteiger partial charge in [-0.05, 0) is 68.2 Å². The van der Waals surface area contributed by atoms with Crippen LogP contribution in [0.1, 0.15) is 42.6 Å². The molecule has 0 saturated heterocycles. The summed E-state index contributed by atoms with van der Waals surface area (Å²) in [4.78, 5) is 21.4. The Kier molecular flexibility index (Phi) is 2.81. The van der Waals surface area contributed by atoms with Crippen molar-refractivity contribution in [1.82, 2.24) is 19.9 Å². The number of carbonyl (C=O) groups is 1. The molecule has 30 heavy (non-hydrogen) atoms. The van der Waals surface area contributed by atoms with E-state index in [1.54, 1.807) is 6.20 Å². The molecule has 5 atom stereocenters. The number of carbonyl (C=O) groups excluding carboxylic acids is 1. The van der Waals surface area contributed by atoms with Gasteiger partial charge in [0.05, 0.1) is 22.6 Å². The minimum Gasteiger partial charge on any atom is -0.494 e. The van der Waals surface area contributed by atoms with Gasteiger partial charge < -0.3 is 15.0 Å². The van der Waals surface area contributed by atoms with E-state index in [0.29, 0.717) is 11.8 Å².